The molecule has 0 fully saturated rings. The Kier molecular flexibility index (Phi) is 6.72. The molecule has 2 heterocycles. The molecule has 3 N–H and O–H groups in total. The van der Waals surface area contributed by atoms with Crippen molar-refractivity contribution in [3.05, 3.63) is 53.5 Å². The standard InChI is InChI=1S/C23H33N5O/c1-5-12-26-22(29)27-13-6-7-18-19(28-21-20(18)24-14-15-25-21)16-8-10-17(11-9-16)23(2,3)4/h8-11,14-15,18-19H,5-7,12-13H2,1-4H3,(H,25,28)(H2,26,27,29). The number of carbonyl (C=O) groups excluding carboxylic acids is 1. The van der Waals surface area contributed by atoms with Crippen LogP contribution in [-0.2, 0) is 5.41 Å². The van der Waals surface area contributed by atoms with E-state index < -0.39 is 0 Å². The highest BCUT2D eigenvalue weighted by Gasteiger charge is 2.35. The minimum Gasteiger partial charge on any atom is -0.361 e. The summed E-state index contributed by atoms with van der Waals surface area (Å²) in [5.41, 5.74) is 3.73. The van der Waals surface area contributed by atoms with E-state index in [2.05, 4.69) is 71.0 Å². The average Bonchev–Trinajstić information content (AvgIpc) is 3.07. The van der Waals surface area contributed by atoms with Gasteiger partial charge in [-0.3, -0.25) is 4.98 Å². The van der Waals surface area contributed by atoms with E-state index in [1.165, 1.54) is 11.1 Å². The Morgan fingerprint density at radius 2 is 1.76 bits per heavy atom. The van der Waals surface area contributed by atoms with Gasteiger partial charge in [-0.1, -0.05) is 52.0 Å². The van der Waals surface area contributed by atoms with Crippen LogP contribution in [0, 0.1) is 0 Å². The number of nitrogens with one attached hydrogen (secondary N) is 3. The van der Waals surface area contributed by atoms with E-state index in [1.54, 1.807) is 12.4 Å². The third-order valence-corrected chi connectivity index (χ3v) is 5.42. The summed E-state index contributed by atoms with van der Waals surface area (Å²) in [7, 11) is 0. The number of aromatic nitrogens is 2. The summed E-state index contributed by atoms with van der Waals surface area (Å²) >= 11 is 0. The van der Waals surface area contributed by atoms with Gasteiger partial charge in [0.05, 0.1) is 11.7 Å². The van der Waals surface area contributed by atoms with Crippen LogP contribution >= 0.6 is 0 Å². The molecule has 3 rings (SSSR count). The predicted molar refractivity (Wildman–Crippen MR) is 117 cm³/mol. The van der Waals surface area contributed by atoms with Gasteiger partial charge in [0.25, 0.3) is 0 Å². The van der Waals surface area contributed by atoms with Gasteiger partial charge in [-0.25, -0.2) is 9.78 Å². The number of anilines is 1. The van der Waals surface area contributed by atoms with Crippen molar-refractivity contribution in [2.45, 2.75) is 64.3 Å². The lowest BCUT2D eigenvalue weighted by molar-refractivity contribution is 0.240. The number of hydrogen-bond acceptors (Lipinski definition) is 4. The molecule has 1 aliphatic heterocycles. The Morgan fingerprint density at radius 1 is 1.07 bits per heavy atom. The number of benzene rings is 1. The van der Waals surface area contributed by atoms with Crippen LogP contribution in [0.25, 0.3) is 0 Å². The zero-order valence-electron chi connectivity index (χ0n) is 18.0. The third kappa shape index (κ3) is 5.25. The van der Waals surface area contributed by atoms with E-state index >= 15 is 0 Å². The lowest BCUT2D eigenvalue weighted by atomic mass is 9.84. The highest BCUT2D eigenvalue weighted by atomic mass is 16.2. The first-order chi connectivity index (χ1) is 13.9. The molecule has 0 aliphatic carbocycles. The van der Waals surface area contributed by atoms with Crippen molar-refractivity contribution >= 4 is 11.8 Å². The lowest BCUT2D eigenvalue weighted by Crippen LogP contribution is -2.36. The Balaban J connectivity index is 1.67. The molecule has 0 spiro atoms. The van der Waals surface area contributed by atoms with Crippen molar-refractivity contribution < 1.29 is 4.79 Å². The van der Waals surface area contributed by atoms with Gasteiger partial charge in [-0.2, -0.15) is 0 Å². The predicted octanol–water partition coefficient (Wildman–Crippen LogP) is 4.51. The van der Waals surface area contributed by atoms with Crippen molar-refractivity contribution in [3.8, 4) is 0 Å². The molecule has 0 saturated carbocycles. The van der Waals surface area contributed by atoms with Crippen LogP contribution < -0.4 is 16.0 Å². The number of rotatable bonds is 7. The largest absolute Gasteiger partial charge is 0.361 e. The molecule has 2 atom stereocenters. The van der Waals surface area contributed by atoms with Gasteiger partial charge in [-0.05, 0) is 35.8 Å². The van der Waals surface area contributed by atoms with Crippen LogP contribution in [0.4, 0.5) is 10.6 Å². The Labute approximate surface area is 173 Å². The smallest absolute Gasteiger partial charge is 0.314 e. The van der Waals surface area contributed by atoms with Crippen LogP contribution in [0.5, 0.6) is 0 Å². The van der Waals surface area contributed by atoms with Gasteiger partial charge in [0.15, 0.2) is 0 Å². The first-order valence-corrected chi connectivity index (χ1v) is 10.6. The van der Waals surface area contributed by atoms with E-state index in [0.717, 1.165) is 30.8 Å². The number of amides is 2. The molecule has 0 radical (unpaired) electrons. The molecule has 1 aromatic carbocycles. The first-order valence-electron chi connectivity index (χ1n) is 10.6. The highest BCUT2D eigenvalue weighted by molar-refractivity contribution is 5.73. The number of nitrogens with zero attached hydrogens (tertiary/aromatic N) is 2. The van der Waals surface area contributed by atoms with E-state index in [1.807, 2.05) is 6.92 Å². The summed E-state index contributed by atoms with van der Waals surface area (Å²) in [5.74, 6) is 1.11. The Morgan fingerprint density at radius 3 is 2.45 bits per heavy atom. The number of carbonyl (C=O) groups is 1. The lowest BCUT2D eigenvalue weighted by Gasteiger charge is -2.23. The van der Waals surface area contributed by atoms with Gasteiger partial charge in [0.1, 0.15) is 5.82 Å². The summed E-state index contributed by atoms with van der Waals surface area (Å²) in [5, 5.41) is 9.34. The fourth-order valence-corrected chi connectivity index (χ4v) is 3.77. The molecule has 2 unspecified atom stereocenters. The molecule has 0 saturated heterocycles. The molecule has 1 aromatic heterocycles. The normalized spacial score (nSPS) is 18.1. The molecular formula is C23H33N5O. The molecule has 2 aromatic rings. The van der Waals surface area contributed by atoms with Crippen molar-refractivity contribution in [2.24, 2.45) is 0 Å². The summed E-state index contributed by atoms with van der Waals surface area (Å²) in [4.78, 5) is 20.8. The number of urea groups is 1. The molecule has 29 heavy (non-hydrogen) atoms. The van der Waals surface area contributed by atoms with Crippen LogP contribution in [0.15, 0.2) is 36.7 Å². The molecule has 2 amide bonds. The van der Waals surface area contributed by atoms with Crippen LogP contribution in [0.3, 0.4) is 0 Å². The highest BCUT2D eigenvalue weighted by Crippen LogP contribution is 2.44. The average molecular weight is 396 g/mol. The van der Waals surface area contributed by atoms with Crippen LogP contribution in [0.2, 0.25) is 0 Å². The van der Waals surface area contributed by atoms with Gasteiger partial charge in [-0.15, -0.1) is 0 Å². The molecule has 6 heteroatoms. The van der Waals surface area contributed by atoms with Crippen molar-refractivity contribution in [3.63, 3.8) is 0 Å². The van der Waals surface area contributed by atoms with Gasteiger partial charge in [0, 0.05) is 31.4 Å². The van der Waals surface area contributed by atoms with Crippen LogP contribution in [0.1, 0.15) is 75.7 Å². The quantitative estimate of drug-likeness (QED) is 0.603. The second-order valence-electron chi connectivity index (χ2n) is 8.72. The fraction of sp³-hybridized carbons (Fsp3) is 0.522. The van der Waals surface area contributed by atoms with Crippen molar-refractivity contribution in [1.29, 1.82) is 0 Å². The topological polar surface area (TPSA) is 78.9 Å². The monoisotopic (exact) mass is 395 g/mol. The summed E-state index contributed by atoms with van der Waals surface area (Å²) in [6.07, 6.45) is 6.24. The summed E-state index contributed by atoms with van der Waals surface area (Å²) in [6.45, 7) is 10.1. The second kappa shape index (κ2) is 9.25. The first kappa shape index (κ1) is 21.1. The Bertz CT molecular complexity index is 813. The minimum absolute atomic E-state index is 0.0918. The summed E-state index contributed by atoms with van der Waals surface area (Å²) in [6, 6.07) is 8.93. The number of hydrogen-bond donors (Lipinski definition) is 3. The Hall–Kier alpha value is -2.63. The van der Waals surface area contributed by atoms with Gasteiger partial charge in [0.2, 0.25) is 0 Å². The van der Waals surface area contributed by atoms with Crippen LogP contribution in [-0.4, -0.2) is 29.1 Å². The van der Waals surface area contributed by atoms with E-state index in [-0.39, 0.29) is 23.4 Å². The van der Waals surface area contributed by atoms with Gasteiger partial charge < -0.3 is 16.0 Å². The third-order valence-electron chi connectivity index (χ3n) is 5.42. The number of fused-ring (bicyclic) bond motifs is 1. The molecule has 1 aliphatic rings. The maximum Gasteiger partial charge on any atom is 0.314 e. The molecule has 156 valence electrons. The summed E-state index contributed by atoms with van der Waals surface area (Å²) < 4.78 is 0. The molecular weight excluding hydrogens is 362 g/mol. The molecule has 0 bridgehead atoms. The van der Waals surface area contributed by atoms with E-state index in [9.17, 15) is 4.79 Å². The zero-order chi connectivity index (χ0) is 20.9. The van der Waals surface area contributed by atoms with E-state index in [0.29, 0.717) is 13.1 Å². The van der Waals surface area contributed by atoms with E-state index in [4.69, 9.17) is 0 Å². The minimum atomic E-state index is -0.0918. The van der Waals surface area contributed by atoms with Crippen molar-refractivity contribution in [1.82, 2.24) is 20.6 Å². The van der Waals surface area contributed by atoms with Gasteiger partial charge >= 0.3 is 6.03 Å². The van der Waals surface area contributed by atoms with Crippen molar-refractivity contribution in [2.75, 3.05) is 18.4 Å². The molecule has 6 nitrogen and oxygen atoms in total. The maximum atomic E-state index is 11.7. The fourth-order valence-electron chi connectivity index (χ4n) is 3.77. The second-order valence-corrected chi connectivity index (χ2v) is 8.72. The maximum absolute atomic E-state index is 11.7. The zero-order valence-corrected chi connectivity index (χ0v) is 18.0. The SMILES string of the molecule is CCCNC(=O)NCCCC1c2nccnc2NC1c1ccc(C(C)(C)C)cc1.